The Morgan fingerprint density at radius 3 is 2.35 bits per heavy atom. The number of esters is 1. The van der Waals surface area contributed by atoms with Gasteiger partial charge in [-0.25, -0.2) is 4.39 Å². The molecule has 0 N–H and O–H groups in total. The lowest BCUT2D eigenvalue weighted by molar-refractivity contribution is -0.147. The van der Waals surface area contributed by atoms with Crippen molar-refractivity contribution in [1.29, 1.82) is 0 Å². The highest BCUT2D eigenvalue weighted by atomic mass is 32.1. The number of carbonyl (C=O) groups is 1. The van der Waals surface area contributed by atoms with Crippen molar-refractivity contribution in [3.05, 3.63) is 69.8 Å². The molecule has 0 bridgehead atoms. The van der Waals surface area contributed by atoms with Crippen LogP contribution < -0.4 is 4.74 Å². The predicted molar refractivity (Wildman–Crippen MR) is 122 cm³/mol. The third-order valence-corrected chi connectivity index (χ3v) is 6.21. The van der Waals surface area contributed by atoms with E-state index in [2.05, 4.69) is 4.37 Å². The molecule has 3 rings (SSSR count). The molecule has 2 aromatic carbocycles. The van der Waals surface area contributed by atoms with Crippen LogP contribution in [0.15, 0.2) is 42.5 Å². The molecule has 34 heavy (non-hydrogen) atoms. The van der Waals surface area contributed by atoms with Crippen LogP contribution in [0.25, 0.3) is 11.3 Å². The molecule has 0 radical (unpaired) electrons. The Kier molecular flexibility index (Phi) is 8.30. The second-order valence-corrected chi connectivity index (χ2v) is 8.57. The zero-order valence-corrected chi connectivity index (χ0v) is 19.9. The SMILES string of the molecule is CCOC(=O)C(C)Cc1ccc(OCc2c(-c3ccc(CC)cc3)nsc2C(F)(F)F)c(F)c1. The van der Waals surface area contributed by atoms with Crippen molar-refractivity contribution in [2.24, 2.45) is 5.92 Å². The Bertz CT molecular complexity index is 1130. The van der Waals surface area contributed by atoms with Crippen LogP contribution >= 0.6 is 11.5 Å². The quantitative estimate of drug-likeness (QED) is 0.241. The molecular weight excluding hydrogens is 470 g/mol. The number of hydrogen-bond acceptors (Lipinski definition) is 5. The number of ether oxygens (including phenoxy) is 2. The average molecular weight is 496 g/mol. The summed E-state index contributed by atoms with van der Waals surface area (Å²) >= 11 is 0.351. The van der Waals surface area contributed by atoms with E-state index in [1.807, 2.05) is 19.1 Å². The Morgan fingerprint density at radius 2 is 1.76 bits per heavy atom. The fourth-order valence-electron chi connectivity index (χ4n) is 3.45. The lowest BCUT2D eigenvalue weighted by Gasteiger charge is -2.13. The smallest absolute Gasteiger partial charge is 0.427 e. The summed E-state index contributed by atoms with van der Waals surface area (Å²) < 4.78 is 69.9. The van der Waals surface area contributed by atoms with Crippen molar-refractivity contribution >= 4 is 17.5 Å². The number of carbonyl (C=O) groups excluding carboxylic acids is 1. The Morgan fingerprint density at radius 1 is 1.09 bits per heavy atom. The van der Waals surface area contributed by atoms with Gasteiger partial charge in [0.2, 0.25) is 0 Å². The number of nitrogens with zero attached hydrogens (tertiary/aromatic N) is 1. The molecule has 0 aliphatic rings. The Hall–Kier alpha value is -2.94. The summed E-state index contributed by atoms with van der Waals surface area (Å²) in [5, 5.41) is 0. The van der Waals surface area contributed by atoms with Gasteiger partial charge in [0.15, 0.2) is 11.6 Å². The van der Waals surface area contributed by atoms with Crippen molar-refractivity contribution in [2.45, 2.75) is 46.4 Å². The van der Waals surface area contributed by atoms with E-state index in [1.165, 1.54) is 12.1 Å². The minimum Gasteiger partial charge on any atom is -0.486 e. The van der Waals surface area contributed by atoms with Crippen LogP contribution in [0.5, 0.6) is 5.75 Å². The number of rotatable bonds is 9. The number of alkyl halides is 3. The Balaban J connectivity index is 1.81. The van der Waals surface area contributed by atoms with Gasteiger partial charge in [-0.05, 0) is 54.6 Å². The van der Waals surface area contributed by atoms with Gasteiger partial charge < -0.3 is 9.47 Å². The summed E-state index contributed by atoms with van der Waals surface area (Å²) in [4.78, 5) is 10.9. The van der Waals surface area contributed by atoms with Crippen LogP contribution in [0.3, 0.4) is 0 Å². The topological polar surface area (TPSA) is 48.4 Å². The third kappa shape index (κ3) is 6.14. The van der Waals surface area contributed by atoms with Crippen molar-refractivity contribution in [3.63, 3.8) is 0 Å². The minimum atomic E-state index is -4.61. The van der Waals surface area contributed by atoms with Crippen LogP contribution in [0.4, 0.5) is 17.6 Å². The number of aryl methyl sites for hydroxylation is 1. The first-order valence-electron chi connectivity index (χ1n) is 10.9. The molecular formula is C25H25F4NO3S. The molecule has 1 heterocycles. The molecule has 0 amide bonds. The first-order chi connectivity index (χ1) is 16.1. The summed E-state index contributed by atoms with van der Waals surface area (Å²) in [6, 6.07) is 11.3. The lowest BCUT2D eigenvalue weighted by Crippen LogP contribution is -2.17. The van der Waals surface area contributed by atoms with E-state index in [-0.39, 0.29) is 36.0 Å². The molecule has 1 unspecified atom stereocenters. The van der Waals surface area contributed by atoms with Crippen molar-refractivity contribution < 1.29 is 31.8 Å². The monoisotopic (exact) mass is 495 g/mol. The van der Waals surface area contributed by atoms with Crippen LogP contribution in [-0.2, 0) is 35.2 Å². The van der Waals surface area contributed by atoms with Crippen molar-refractivity contribution in [2.75, 3.05) is 6.61 Å². The summed E-state index contributed by atoms with van der Waals surface area (Å²) in [5.74, 6) is -1.75. The summed E-state index contributed by atoms with van der Waals surface area (Å²) in [7, 11) is 0. The first-order valence-corrected chi connectivity index (χ1v) is 11.6. The van der Waals surface area contributed by atoms with E-state index < -0.39 is 29.4 Å². The molecule has 0 saturated heterocycles. The van der Waals surface area contributed by atoms with Gasteiger partial charge in [-0.3, -0.25) is 4.79 Å². The molecule has 0 spiro atoms. The standard InChI is InChI=1S/C25H25F4NO3S/c1-4-16-6-9-18(10-7-16)22-19(23(34-30-22)25(27,28)29)14-33-21-11-8-17(13-20(21)26)12-15(3)24(31)32-5-2/h6-11,13,15H,4-5,12,14H2,1-3H3. The van der Waals surface area contributed by atoms with Crippen molar-refractivity contribution in [1.82, 2.24) is 4.37 Å². The van der Waals surface area contributed by atoms with E-state index >= 15 is 0 Å². The molecule has 3 aromatic rings. The molecule has 0 fully saturated rings. The van der Waals surface area contributed by atoms with E-state index in [0.29, 0.717) is 22.7 Å². The predicted octanol–water partition coefficient (Wildman–Crippen LogP) is 6.85. The lowest BCUT2D eigenvalue weighted by atomic mass is 10.0. The Labute approximate surface area is 199 Å². The highest BCUT2D eigenvalue weighted by Crippen LogP contribution is 2.40. The summed E-state index contributed by atoms with van der Waals surface area (Å²) in [6.07, 6.45) is -3.54. The average Bonchev–Trinajstić information content (AvgIpc) is 3.23. The molecule has 182 valence electrons. The number of benzene rings is 2. The van der Waals surface area contributed by atoms with Crippen LogP contribution in [0.2, 0.25) is 0 Å². The highest BCUT2D eigenvalue weighted by molar-refractivity contribution is 7.06. The number of hydrogen-bond donors (Lipinski definition) is 0. The van der Waals surface area contributed by atoms with Crippen molar-refractivity contribution in [3.8, 4) is 17.0 Å². The second-order valence-electron chi connectivity index (χ2n) is 7.80. The van der Waals surface area contributed by atoms with E-state index in [9.17, 15) is 22.4 Å². The largest absolute Gasteiger partial charge is 0.486 e. The van der Waals surface area contributed by atoms with Gasteiger partial charge in [-0.1, -0.05) is 44.2 Å². The molecule has 1 aromatic heterocycles. The molecule has 4 nitrogen and oxygen atoms in total. The molecule has 9 heteroatoms. The highest BCUT2D eigenvalue weighted by Gasteiger charge is 2.38. The van der Waals surface area contributed by atoms with Gasteiger partial charge in [-0.2, -0.15) is 17.5 Å². The van der Waals surface area contributed by atoms with Gasteiger partial charge in [0.1, 0.15) is 11.5 Å². The molecule has 1 atom stereocenters. The van der Waals surface area contributed by atoms with Gasteiger partial charge in [-0.15, -0.1) is 0 Å². The van der Waals surface area contributed by atoms with E-state index in [4.69, 9.17) is 9.47 Å². The molecule has 0 saturated carbocycles. The van der Waals surface area contributed by atoms with Crippen LogP contribution in [0, 0.1) is 11.7 Å². The van der Waals surface area contributed by atoms with E-state index in [1.54, 1.807) is 32.0 Å². The molecule has 0 aliphatic carbocycles. The normalized spacial score (nSPS) is 12.4. The van der Waals surface area contributed by atoms with Gasteiger partial charge in [0.25, 0.3) is 0 Å². The van der Waals surface area contributed by atoms with E-state index in [0.717, 1.165) is 12.0 Å². The maximum absolute atomic E-state index is 14.6. The maximum Gasteiger partial charge on any atom is 0.427 e. The zero-order valence-electron chi connectivity index (χ0n) is 19.0. The molecule has 0 aliphatic heterocycles. The minimum absolute atomic E-state index is 0.138. The van der Waals surface area contributed by atoms with Gasteiger partial charge in [0, 0.05) is 11.1 Å². The number of halogens is 4. The zero-order chi connectivity index (χ0) is 24.9. The second kappa shape index (κ2) is 11.0. The first kappa shape index (κ1) is 25.7. The van der Waals surface area contributed by atoms with Crippen LogP contribution in [0.1, 0.15) is 42.3 Å². The van der Waals surface area contributed by atoms with Gasteiger partial charge >= 0.3 is 12.1 Å². The van der Waals surface area contributed by atoms with Gasteiger partial charge in [0.05, 0.1) is 18.2 Å². The summed E-state index contributed by atoms with van der Waals surface area (Å²) in [5.41, 5.74) is 2.16. The third-order valence-electron chi connectivity index (χ3n) is 5.28. The number of aromatic nitrogens is 1. The fraction of sp³-hybridized carbons (Fsp3) is 0.360. The van der Waals surface area contributed by atoms with Crippen LogP contribution in [-0.4, -0.2) is 16.9 Å². The summed E-state index contributed by atoms with van der Waals surface area (Å²) in [6.45, 7) is 5.13. The maximum atomic E-state index is 14.6. The fourth-order valence-corrected chi connectivity index (χ4v) is 4.22.